The van der Waals surface area contributed by atoms with Crippen molar-refractivity contribution in [2.45, 2.75) is 18.1 Å². The number of amides is 1. The van der Waals surface area contributed by atoms with Gasteiger partial charge in [0.25, 0.3) is 0 Å². The van der Waals surface area contributed by atoms with Crippen LogP contribution in [0.1, 0.15) is 6.42 Å². The van der Waals surface area contributed by atoms with Gasteiger partial charge in [0.2, 0.25) is 5.91 Å². The van der Waals surface area contributed by atoms with Crippen molar-refractivity contribution in [1.82, 2.24) is 14.8 Å². The number of aromatic nitrogens is 3. The number of halogens is 2. The topological polar surface area (TPSA) is 69.0 Å². The van der Waals surface area contributed by atoms with Gasteiger partial charge in [0, 0.05) is 36.0 Å². The highest BCUT2D eigenvalue weighted by atomic mass is 79.9. The van der Waals surface area contributed by atoms with Crippen LogP contribution in [-0.2, 0) is 16.1 Å². The van der Waals surface area contributed by atoms with Crippen molar-refractivity contribution >= 4 is 50.9 Å². The monoisotopic (exact) mass is 494 g/mol. The van der Waals surface area contributed by atoms with Crippen LogP contribution in [0.2, 0.25) is 5.02 Å². The summed E-state index contributed by atoms with van der Waals surface area (Å²) in [5, 5.41) is 12.8. The molecule has 0 atom stereocenters. The predicted molar refractivity (Wildman–Crippen MR) is 120 cm³/mol. The van der Waals surface area contributed by atoms with Crippen molar-refractivity contribution in [2.24, 2.45) is 0 Å². The van der Waals surface area contributed by atoms with Gasteiger partial charge in [0.15, 0.2) is 11.0 Å². The van der Waals surface area contributed by atoms with E-state index in [0.717, 1.165) is 22.1 Å². The third-order valence-corrected chi connectivity index (χ3v) is 5.85. The van der Waals surface area contributed by atoms with Crippen LogP contribution in [0.5, 0.6) is 0 Å². The first-order valence-corrected chi connectivity index (χ1v) is 11.1. The summed E-state index contributed by atoms with van der Waals surface area (Å²) in [6.07, 6.45) is 0.796. The Morgan fingerprint density at radius 2 is 1.97 bits per heavy atom. The van der Waals surface area contributed by atoms with Gasteiger partial charge in [0.1, 0.15) is 0 Å². The van der Waals surface area contributed by atoms with Crippen molar-refractivity contribution < 1.29 is 9.53 Å². The quantitative estimate of drug-likeness (QED) is 0.329. The predicted octanol–water partition coefficient (Wildman–Crippen LogP) is 5.13. The van der Waals surface area contributed by atoms with E-state index in [-0.39, 0.29) is 11.7 Å². The number of carbonyl (C=O) groups is 1. The summed E-state index contributed by atoms with van der Waals surface area (Å²) in [7, 11) is 1.67. The molecule has 3 aromatic rings. The molecule has 0 aliphatic rings. The minimum atomic E-state index is -0.108. The minimum Gasteiger partial charge on any atom is -0.385 e. The number of hydrogen-bond acceptors (Lipinski definition) is 5. The maximum Gasteiger partial charge on any atom is 0.234 e. The zero-order valence-electron chi connectivity index (χ0n) is 15.8. The Labute approximate surface area is 187 Å². The first-order chi connectivity index (χ1) is 14.1. The fraction of sp³-hybridized carbons (Fsp3) is 0.250. The van der Waals surface area contributed by atoms with Crippen molar-refractivity contribution in [3.05, 3.63) is 58.0 Å². The second kappa shape index (κ2) is 10.8. The van der Waals surface area contributed by atoms with E-state index in [1.54, 1.807) is 7.11 Å². The van der Waals surface area contributed by atoms with Crippen molar-refractivity contribution in [3.63, 3.8) is 0 Å². The molecule has 9 heteroatoms. The molecule has 0 saturated heterocycles. The van der Waals surface area contributed by atoms with E-state index in [9.17, 15) is 4.79 Å². The Morgan fingerprint density at radius 1 is 1.21 bits per heavy atom. The first-order valence-electron chi connectivity index (χ1n) is 8.93. The van der Waals surface area contributed by atoms with Crippen molar-refractivity contribution in [1.29, 1.82) is 0 Å². The zero-order valence-corrected chi connectivity index (χ0v) is 18.9. The molecule has 152 valence electrons. The van der Waals surface area contributed by atoms with Gasteiger partial charge in [-0.2, -0.15) is 0 Å². The number of anilines is 1. The van der Waals surface area contributed by atoms with Gasteiger partial charge in [-0.1, -0.05) is 51.4 Å². The van der Waals surface area contributed by atoms with Gasteiger partial charge in [-0.15, -0.1) is 10.2 Å². The summed E-state index contributed by atoms with van der Waals surface area (Å²) in [5.74, 6) is 0.798. The molecule has 0 unspecified atom stereocenters. The van der Waals surface area contributed by atoms with E-state index < -0.39 is 0 Å². The Balaban J connectivity index is 1.73. The Bertz CT molecular complexity index is 965. The average Bonchev–Trinajstić information content (AvgIpc) is 3.11. The number of thioether (sulfide) groups is 1. The van der Waals surface area contributed by atoms with Gasteiger partial charge in [-0.05, 0) is 42.8 Å². The normalized spacial score (nSPS) is 10.9. The summed E-state index contributed by atoms with van der Waals surface area (Å²) in [6.45, 7) is 1.28. The second-order valence-electron chi connectivity index (χ2n) is 6.13. The zero-order chi connectivity index (χ0) is 20.6. The molecule has 0 spiro atoms. The third kappa shape index (κ3) is 6.05. The fourth-order valence-electron chi connectivity index (χ4n) is 2.67. The maximum atomic E-state index is 12.3. The lowest BCUT2D eigenvalue weighted by molar-refractivity contribution is -0.113. The highest BCUT2D eigenvalue weighted by Gasteiger charge is 2.17. The number of nitrogens with one attached hydrogen (secondary N) is 1. The summed E-state index contributed by atoms with van der Waals surface area (Å²) >= 11 is 11.1. The smallest absolute Gasteiger partial charge is 0.234 e. The largest absolute Gasteiger partial charge is 0.385 e. The molecule has 0 aliphatic carbocycles. The van der Waals surface area contributed by atoms with E-state index in [2.05, 4.69) is 31.4 Å². The van der Waals surface area contributed by atoms with Gasteiger partial charge in [-0.25, -0.2) is 0 Å². The summed E-state index contributed by atoms with van der Waals surface area (Å²) in [5.41, 5.74) is 1.56. The van der Waals surface area contributed by atoms with Gasteiger partial charge in [0.05, 0.1) is 10.8 Å². The summed E-state index contributed by atoms with van der Waals surface area (Å²) in [4.78, 5) is 12.3. The molecule has 1 amide bonds. The Hall–Kier alpha value is -1.87. The molecule has 0 aliphatic heterocycles. The summed E-state index contributed by atoms with van der Waals surface area (Å²) in [6, 6.07) is 15.0. The van der Waals surface area contributed by atoms with Crippen molar-refractivity contribution in [3.8, 4) is 11.4 Å². The maximum absolute atomic E-state index is 12.3. The van der Waals surface area contributed by atoms with E-state index in [0.29, 0.717) is 29.2 Å². The van der Waals surface area contributed by atoms with Crippen LogP contribution in [0.4, 0.5) is 5.69 Å². The number of nitrogens with zero attached hydrogens (tertiary/aromatic N) is 3. The SMILES string of the molecule is COCCCn1c(SCC(=O)Nc2ccc(Br)cc2)nnc1-c1ccccc1Cl. The minimum absolute atomic E-state index is 0.108. The molecule has 0 bridgehead atoms. The van der Waals surface area contributed by atoms with Gasteiger partial charge < -0.3 is 14.6 Å². The molecule has 0 saturated carbocycles. The molecule has 1 N–H and O–H groups in total. The number of rotatable bonds is 9. The van der Waals surface area contributed by atoms with Crippen LogP contribution >= 0.6 is 39.3 Å². The van der Waals surface area contributed by atoms with Crippen LogP contribution in [0.25, 0.3) is 11.4 Å². The molecule has 3 rings (SSSR count). The van der Waals surface area contributed by atoms with E-state index in [4.69, 9.17) is 16.3 Å². The summed E-state index contributed by atoms with van der Waals surface area (Å²) < 4.78 is 8.11. The van der Waals surface area contributed by atoms with Crippen LogP contribution in [-0.4, -0.2) is 40.1 Å². The lowest BCUT2D eigenvalue weighted by atomic mass is 10.2. The molecular weight excluding hydrogens is 476 g/mol. The highest BCUT2D eigenvalue weighted by Crippen LogP contribution is 2.29. The van der Waals surface area contributed by atoms with Gasteiger partial charge >= 0.3 is 0 Å². The molecule has 2 aromatic carbocycles. The highest BCUT2D eigenvalue weighted by molar-refractivity contribution is 9.10. The van der Waals surface area contributed by atoms with E-state index >= 15 is 0 Å². The molecule has 0 fully saturated rings. The average molecular weight is 496 g/mol. The number of carbonyl (C=O) groups excluding carboxylic acids is 1. The standard InChI is InChI=1S/C20H20BrClN4O2S/c1-28-12-4-11-26-19(16-5-2-3-6-17(16)22)24-25-20(26)29-13-18(27)23-15-9-7-14(21)8-10-15/h2-3,5-10H,4,11-13H2,1H3,(H,23,27). The van der Waals surface area contributed by atoms with Crippen LogP contribution in [0.15, 0.2) is 58.2 Å². The van der Waals surface area contributed by atoms with Crippen molar-refractivity contribution in [2.75, 3.05) is 24.8 Å². The van der Waals surface area contributed by atoms with Crippen LogP contribution in [0, 0.1) is 0 Å². The van der Waals surface area contributed by atoms with Gasteiger partial charge in [-0.3, -0.25) is 4.79 Å². The first kappa shape index (κ1) is 21.8. The Kier molecular flexibility index (Phi) is 8.11. The number of benzene rings is 2. The second-order valence-corrected chi connectivity index (χ2v) is 8.39. The lowest BCUT2D eigenvalue weighted by Gasteiger charge is -2.11. The fourth-order valence-corrected chi connectivity index (χ4v) is 3.92. The van der Waals surface area contributed by atoms with E-state index in [1.165, 1.54) is 11.8 Å². The Morgan fingerprint density at radius 3 is 2.69 bits per heavy atom. The number of methoxy groups -OCH3 is 1. The molecule has 1 aromatic heterocycles. The molecular formula is C20H20BrClN4O2S. The van der Waals surface area contributed by atoms with E-state index in [1.807, 2.05) is 53.1 Å². The third-order valence-electron chi connectivity index (χ3n) is 4.02. The van der Waals surface area contributed by atoms with Crippen LogP contribution in [0.3, 0.4) is 0 Å². The number of hydrogen-bond donors (Lipinski definition) is 1. The lowest BCUT2D eigenvalue weighted by Crippen LogP contribution is -2.14. The molecule has 6 nitrogen and oxygen atoms in total. The van der Waals surface area contributed by atoms with Crippen LogP contribution < -0.4 is 5.32 Å². The number of ether oxygens (including phenoxy) is 1. The molecule has 1 heterocycles. The molecule has 0 radical (unpaired) electrons. The molecule has 29 heavy (non-hydrogen) atoms.